The Morgan fingerprint density at radius 2 is 1.79 bits per heavy atom. The lowest BCUT2D eigenvalue weighted by molar-refractivity contribution is 0.625. The molecule has 0 atom stereocenters. The summed E-state index contributed by atoms with van der Waals surface area (Å²) in [7, 11) is 0. The van der Waals surface area contributed by atoms with E-state index in [4.69, 9.17) is 0 Å². The van der Waals surface area contributed by atoms with Crippen LogP contribution in [0.5, 0.6) is 0 Å². The van der Waals surface area contributed by atoms with E-state index < -0.39 is 0 Å². The van der Waals surface area contributed by atoms with E-state index in [-0.39, 0.29) is 5.41 Å². The quantitative estimate of drug-likeness (QED) is 0.540. The number of hydrogen-bond donors (Lipinski definition) is 1. The van der Waals surface area contributed by atoms with Crippen molar-refractivity contribution >= 4 is 40.1 Å². The van der Waals surface area contributed by atoms with E-state index in [1.165, 1.54) is 22.4 Å². The van der Waals surface area contributed by atoms with Crippen molar-refractivity contribution in [3.8, 4) is 11.4 Å². The number of thiophene rings is 2. The predicted octanol–water partition coefficient (Wildman–Crippen LogP) is 5.21. The smallest absolute Gasteiger partial charge is 0.119 e. The molecule has 0 saturated carbocycles. The van der Waals surface area contributed by atoms with Gasteiger partial charge in [-0.1, -0.05) is 12.2 Å². The molecule has 4 heterocycles. The molecule has 118 valence electrons. The number of nitrogens with one attached hydrogen (secondary N) is 1. The molecule has 0 amide bonds. The van der Waals surface area contributed by atoms with Gasteiger partial charge in [-0.25, -0.2) is 4.98 Å². The maximum absolute atomic E-state index is 4.54. The monoisotopic (exact) mass is 367 g/mol. The molecule has 0 unspecified atom stereocenters. The molecule has 0 bridgehead atoms. The van der Waals surface area contributed by atoms with Crippen LogP contribution in [0, 0.1) is 0 Å². The van der Waals surface area contributed by atoms with E-state index in [2.05, 4.69) is 61.0 Å². The van der Waals surface area contributed by atoms with Gasteiger partial charge in [-0.3, -0.25) is 5.10 Å². The van der Waals surface area contributed by atoms with Gasteiger partial charge in [0.05, 0.1) is 5.51 Å². The van der Waals surface area contributed by atoms with E-state index in [0.717, 1.165) is 17.8 Å². The molecule has 0 spiro atoms. The number of hydrogen-bond acceptors (Lipinski definition) is 5. The number of fused-ring (bicyclic) bond motifs is 1. The largest absolute Gasteiger partial charge is 0.281 e. The fourth-order valence-corrected chi connectivity index (χ4v) is 5.40. The second-order valence-corrected chi connectivity index (χ2v) is 8.12. The Morgan fingerprint density at radius 1 is 1.00 bits per heavy atom. The van der Waals surface area contributed by atoms with Gasteiger partial charge < -0.3 is 0 Å². The van der Waals surface area contributed by atoms with Crippen molar-refractivity contribution in [1.82, 2.24) is 15.2 Å². The van der Waals surface area contributed by atoms with Crippen LogP contribution in [0.25, 0.3) is 17.5 Å². The van der Waals surface area contributed by atoms with Gasteiger partial charge in [0.25, 0.3) is 0 Å². The van der Waals surface area contributed by atoms with E-state index in [9.17, 15) is 0 Å². The SMILES string of the molecule is C1=CC(c2ccsc2)(c2ccsc2)Cc2[nH]nc(-c3cscn3)c21. The lowest BCUT2D eigenvalue weighted by Gasteiger charge is -2.32. The molecule has 1 aliphatic rings. The van der Waals surface area contributed by atoms with Crippen molar-refractivity contribution in [2.45, 2.75) is 11.8 Å². The summed E-state index contributed by atoms with van der Waals surface area (Å²) in [5.41, 5.74) is 8.67. The molecule has 1 N–H and O–H groups in total. The lowest BCUT2D eigenvalue weighted by Crippen LogP contribution is -2.29. The van der Waals surface area contributed by atoms with Crippen molar-refractivity contribution in [2.24, 2.45) is 0 Å². The highest BCUT2D eigenvalue weighted by molar-refractivity contribution is 7.08. The number of thiazole rings is 1. The van der Waals surface area contributed by atoms with E-state index in [1.807, 2.05) is 10.9 Å². The second kappa shape index (κ2) is 5.51. The summed E-state index contributed by atoms with van der Waals surface area (Å²) in [6.45, 7) is 0. The average Bonchev–Trinajstić information content (AvgIpc) is 3.43. The molecule has 0 aliphatic heterocycles. The molecule has 5 rings (SSSR count). The van der Waals surface area contributed by atoms with Crippen LogP contribution in [0.4, 0.5) is 0 Å². The number of rotatable bonds is 3. The minimum atomic E-state index is -0.112. The molecule has 0 fully saturated rings. The normalized spacial score (nSPS) is 15.5. The van der Waals surface area contributed by atoms with Crippen LogP contribution in [-0.4, -0.2) is 15.2 Å². The summed E-state index contributed by atoms with van der Waals surface area (Å²) >= 11 is 5.10. The summed E-state index contributed by atoms with van der Waals surface area (Å²) in [5, 5.41) is 18.7. The van der Waals surface area contributed by atoms with Crippen LogP contribution in [0.2, 0.25) is 0 Å². The highest BCUT2D eigenvalue weighted by Gasteiger charge is 2.37. The van der Waals surface area contributed by atoms with Gasteiger partial charge in [0.1, 0.15) is 11.4 Å². The molecule has 4 aromatic heterocycles. The van der Waals surface area contributed by atoms with Gasteiger partial charge in [0.15, 0.2) is 0 Å². The molecule has 0 radical (unpaired) electrons. The second-order valence-electron chi connectivity index (χ2n) is 5.84. The first-order valence-electron chi connectivity index (χ1n) is 7.57. The highest BCUT2D eigenvalue weighted by Crippen LogP contribution is 2.44. The van der Waals surface area contributed by atoms with E-state index in [0.29, 0.717) is 0 Å². The van der Waals surface area contributed by atoms with E-state index >= 15 is 0 Å². The van der Waals surface area contributed by atoms with Crippen molar-refractivity contribution < 1.29 is 0 Å². The van der Waals surface area contributed by atoms with Crippen LogP contribution in [-0.2, 0) is 11.8 Å². The van der Waals surface area contributed by atoms with E-state index in [1.54, 1.807) is 34.0 Å². The number of allylic oxidation sites excluding steroid dienone is 1. The first-order valence-corrected chi connectivity index (χ1v) is 10.4. The Balaban J connectivity index is 1.66. The maximum atomic E-state index is 4.54. The third-order valence-corrected chi connectivity index (χ3v) is 6.57. The summed E-state index contributed by atoms with van der Waals surface area (Å²) in [6, 6.07) is 4.46. The average molecular weight is 368 g/mol. The Bertz CT molecular complexity index is 943. The van der Waals surface area contributed by atoms with Gasteiger partial charge in [0.2, 0.25) is 0 Å². The number of aromatic amines is 1. The minimum Gasteiger partial charge on any atom is -0.281 e. The number of nitrogens with zero attached hydrogens (tertiary/aromatic N) is 2. The Labute approximate surface area is 151 Å². The van der Waals surface area contributed by atoms with Crippen LogP contribution < -0.4 is 0 Å². The fraction of sp³-hybridized carbons (Fsp3) is 0.111. The molecular formula is C18H13N3S3. The van der Waals surface area contributed by atoms with Crippen molar-refractivity contribution in [2.75, 3.05) is 0 Å². The first kappa shape index (κ1) is 14.3. The molecule has 3 nitrogen and oxygen atoms in total. The molecule has 1 aliphatic carbocycles. The van der Waals surface area contributed by atoms with Crippen molar-refractivity contribution in [3.63, 3.8) is 0 Å². The molecule has 4 aromatic rings. The van der Waals surface area contributed by atoms with Gasteiger partial charge in [-0.05, 0) is 44.8 Å². The van der Waals surface area contributed by atoms with Crippen LogP contribution in [0.15, 0.2) is 50.6 Å². The van der Waals surface area contributed by atoms with Gasteiger partial charge in [0, 0.05) is 28.5 Å². The third kappa shape index (κ3) is 2.07. The van der Waals surface area contributed by atoms with Crippen molar-refractivity contribution in [3.05, 3.63) is 73.0 Å². The summed E-state index contributed by atoms with van der Waals surface area (Å²) in [6.07, 6.45) is 5.45. The minimum absolute atomic E-state index is 0.112. The standard InChI is InChI=1S/C18H13N3S3/c1-4-18(12-2-5-22-8-12,13-3-6-23-9-13)7-15-14(1)17(21-20-15)16-10-24-11-19-16/h1-6,8-11H,7H2,(H,20,21). The van der Waals surface area contributed by atoms with Gasteiger partial charge >= 0.3 is 0 Å². The van der Waals surface area contributed by atoms with Gasteiger partial charge in [-0.15, -0.1) is 11.3 Å². The zero-order chi connectivity index (χ0) is 16.0. The Kier molecular flexibility index (Phi) is 3.29. The van der Waals surface area contributed by atoms with Crippen LogP contribution in [0.1, 0.15) is 22.4 Å². The summed E-state index contributed by atoms with van der Waals surface area (Å²) in [4.78, 5) is 4.41. The highest BCUT2D eigenvalue weighted by atomic mass is 32.1. The molecular weight excluding hydrogens is 354 g/mol. The summed E-state index contributed by atoms with van der Waals surface area (Å²) < 4.78 is 0. The maximum Gasteiger partial charge on any atom is 0.119 e. The molecule has 0 saturated heterocycles. The Hall–Kier alpha value is -2.02. The lowest BCUT2D eigenvalue weighted by atomic mass is 9.70. The first-order chi connectivity index (χ1) is 11.9. The topological polar surface area (TPSA) is 41.6 Å². The van der Waals surface area contributed by atoms with Crippen LogP contribution in [0.3, 0.4) is 0 Å². The number of H-pyrrole nitrogens is 1. The zero-order valence-electron chi connectivity index (χ0n) is 12.6. The molecule has 0 aromatic carbocycles. The molecule has 24 heavy (non-hydrogen) atoms. The van der Waals surface area contributed by atoms with Gasteiger partial charge in [-0.2, -0.15) is 27.8 Å². The zero-order valence-corrected chi connectivity index (χ0v) is 15.0. The fourth-order valence-electron chi connectivity index (χ4n) is 3.39. The Morgan fingerprint density at radius 3 is 2.42 bits per heavy atom. The summed E-state index contributed by atoms with van der Waals surface area (Å²) in [5.74, 6) is 0. The number of aromatic nitrogens is 3. The van der Waals surface area contributed by atoms with Crippen molar-refractivity contribution in [1.29, 1.82) is 0 Å². The van der Waals surface area contributed by atoms with Crippen LogP contribution >= 0.6 is 34.0 Å². The third-order valence-electron chi connectivity index (χ3n) is 4.62. The predicted molar refractivity (Wildman–Crippen MR) is 102 cm³/mol. The molecule has 6 heteroatoms.